The zero-order valence-electron chi connectivity index (χ0n) is 15.8. The second-order valence-electron chi connectivity index (χ2n) is 8.00. The van der Waals surface area contributed by atoms with Gasteiger partial charge in [0.1, 0.15) is 0 Å². The summed E-state index contributed by atoms with van der Waals surface area (Å²) in [5.41, 5.74) is 0. The molecular formula is C22H40O. The lowest BCUT2D eigenvalue weighted by molar-refractivity contribution is 0.00581. The van der Waals surface area contributed by atoms with Crippen LogP contribution in [0.3, 0.4) is 0 Å². The molecule has 2 aliphatic carbocycles. The smallest absolute Gasteiger partial charge is 0.0575 e. The molecule has 0 heterocycles. The monoisotopic (exact) mass is 320 g/mol. The summed E-state index contributed by atoms with van der Waals surface area (Å²) in [6.07, 6.45) is 23.3. The van der Waals surface area contributed by atoms with E-state index in [4.69, 9.17) is 4.74 Å². The van der Waals surface area contributed by atoms with Crippen molar-refractivity contribution >= 4 is 0 Å². The molecule has 0 aromatic carbocycles. The van der Waals surface area contributed by atoms with E-state index in [2.05, 4.69) is 26.0 Å². The molecule has 0 aromatic rings. The highest BCUT2D eigenvalue weighted by molar-refractivity contribution is 4.85. The summed E-state index contributed by atoms with van der Waals surface area (Å²) < 4.78 is 6.03. The summed E-state index contributed by atoms with van der Waals surface area (Å²) in [5, 5.41) is 0. The van der Waals surface area contributed by atoms with Gasteiger partial charge in [-0.15, -0.1) is 0 Å². The number of allylic oxidation sites excluding steroid dienone is 2. The summed E-state index contributed by atoms with van der Waals surface area (Å²) in [6.45, 7) is 5.46. The number of rotatable bonds is 9. The quantitative estimate of drug-likeness (QED) is 0.331. The van der Waals surface area contributed by atoms with E-state index < -0.39 is 0 Å². The lowest BCUT2D eigenvalue weighted by atomic mass is 9.70. The van der Waals surface area contributed by atoms with Gasteiger partial charge in [-0.3, -0.25) is 0 Å². The predicted molar refractivity (Wildman–Crippen MR) is 101 cm³/mol. The maximum atomic E-state index is 6.03. The predicted octanol–water partition coefficient (Wildman–Crippen LogP) is 6.91. The molecule has 0 N–H and O–H groups in total. The average Bonchev–Trinajstić information content (AvgIpc) is 2.60. The van der Waals surface area contributed by atoms with Gasteiger partial charge in [-0.25, -0.2) is 0 Å². The Kier molecular flexibility index (Phi) is 9.34. The highest BCUT2D eigenvalue weighted by Crippen LogP contribution is 2.41. The standard InChI is InChI=1S/C22H40O/c1-3-5-7-8-9-19-10-12-20(13-11-19)21-14-16-22(17-15-21)23-18-6-4-2/h5,7,19-22H,3-4,6,8-18H2,1-2H3/b7-5+. The minimum Gasteiger partial charge on any atom is -0.378 e. The molecule has 2 rings (SSSR count). The normalized spacial score (nSPS) is 32.4. The maximum absolute atomic E-state index is 6.03. The molecule has 0 radical (unpaired) electrons. The van der Waals surface area contributed by atoms with Gasteiger partial charge in [-0.2, -0.15) is 0 Å². The lowest BCUT2D eigenvalue weighted by Gasteiger charge is -2.37. The third-order valence-electron chi connectivity index (χ3n) is 6.27. The summed E-state index contributed by atoms with van der Waals surface area (Å²) in [7, 11) is 0. The van der Waals surface area contributed by atoms with Crippen molar-refractivity contribution in [3.8, 4) is 0 Å². The molecule has 0 aromatic heterocycles. The van der Waals surface area contributed by atoms with Crippen LogP contribution < -0.4 is 0 Å². The molecule has 134 valence electrons. The van der Waals surface area contributed by atoms with Gasteiger partial charge < -0.3 is 4.74 Å². The van der Waals surface area contributed by atoms with E-state index in [1.54, 1.807) is 0 Å². The zero-order valence-corrected chi connectivity index (χ0v) is 15.8. The Balaban J connectivity index is 1.58. The van der Waals surface area contributed by atoms with Gasteiger partial charge in [-0.05, 0) is 82.0 Å². The minimum absolute atomic E-state index is 0.583. The van der Waals surface area contributed by atoms with Crippen LogP contribution in [0.5, 0.6) is 0 Å². The first-order valence-electron chi connectivity index (χ1n) is 10.6. The van der Waals surface area contributed by atoms with Crippen LogP contribution >= 0.6 is 0 Å². The van der Waals surface area contributed by atoms with Crippen molar-refractivity contribution in [3.63, 3.8) is 0 Å². The van der Waals surface area contributed by atoms with Gasteiger partial charge in [0.2, 0.25) is 0 Å². The van der Waals surface area contributed by atoms with Gasteiger partial charge >= 0.3 is 0 Å². The summed E-state index contributed by atoms with van der Waals surface area (Å²) in [4.78, 5) is 0. The van der Waals surface area contributed by atoms with Crippen molar-refractivity contribution in [2.45, 2.75) is 103 Å². The van der Waals surface area contributed by atoms with Gasteiger partial charge in [0.15, 0.2) is 0 Å². The van der Waals surface area contributed by atoms with Crippen LogP contribution in [-0.2, 0) is 4.74 Å². The van der Waals surface area contributed by atoms with Crippen LogP contribution in [0.25, 0.3) is 0 Å². The zero-order chi connectivity index (χ0) is 16.3. The van der Waals surface area contributed by atoms with Crippen LogP contribution in [0.2, 0.25) is 0 Å². The average molecular weight is 321 g/mol. The van der Waals surface area contributed by atoms with Gasteiger partial charge in [-0.1, -0.05) is 45.3 Å². The van der Waals surface area contributed by atoms with Crippen LogP contribution in [0.15, 0.2) is 12.2 Å². The molecule has 0 atom stereocenters. The van der Waals surface area contributed by atoms with Crippen LogP contribution in [-0.4, -0.2) is 12.7 Å². The first-order chi connectivity index (χ1) is 11.3. The van der Waals surface area contributed by atoms with Crippen molar-refractivity contribution in [1.29, 1.82) is 0 Å². The van der Waals surface area contributed by atoms with Crippen molar-refractivity contribution < 1.29 is 4.74 Å². The Bertz CT molecular complexity index is 306. The number of ether oxygens (including phenoxy) is 1. The first kappa shape index (κ1) is 19.0. The van der Waals surface area contributed by atoms with E-state index in [-0.39, 0.29) is 0 Å². The molecular weight excluding hydrogens is 280 g/mol. The van der Waals surface area contributed by atoms with Gasteiger partial charge in [0, 0.05) is 6.61 Å². The molecule has 0 bridgehead atoms. The Hall–Kier alpha value is -0.300. The molecule has 0 amide bonds. The van der Waals surface area contributed by atoms with Crippen molar-refractivity contribution in [1.82, 2.24) is 0 Å². The fourth-order valence-corrected chi connectivity index (χ4v) is 4.69. The molecule has 1 heteroatoms. The SMILES string of the molecule is CC/C=C/CCC1CCC(C2CCC(OCCCC)CC2)CC1. The number of hydrogen-bond acceptors (Lipinski definition) is 1. The highest BCUT2D eigenvalue weighted by atomic mass is 16.5. The highest BCUT2D eigenvalue weighted by Gasteiger charge is 2.30. The molecule has 0 unspecified atom stereocenters. The molecule has 0 saturated heterocycles. The Labute approximate surface area is 145 Å². The van der Waals surface area contributed by atoms with Crippen LogP contribution in [0.4, 0.5) is 0 Å². The molecule has 0 spiro atoms. The number of hydrogen-bond donors (Lipinski definition) is 0. The van der Waals surface area contributed by atoms with E-state index in [9.17, 15) is 0 Å². The Morgan fingerprint density at radius 1 is 0.826 bits per heavy atom. The minimum atomic E-state index is 0.583. The summed E-state index contributed by atoms with van der Waals surface area (Å²) in [6, 6.07) is 0. The molecule has 0 aliphatic heterocycles. The molecule has 1 nitrogen and oxygen atoms in total. The Morgan fingerprint density at radius 3 is 2.09 bits per heavy atom. The van der Waals surface area contributed by atoms with E-state index in [1.165, 1.54) is 83.5 Å². The van der Waals surface area contributed by atoms with E-state index in [1.807, 2.05) is 0 Å². The van der Waals surface area contributed by atoms with E-state index in [0.29, 0.717) is 6.10 Å². The fraction of sp³-hybridized carbons (Fsp3) is 0.909. The van der Waals surface area contributed by atoms with Crippen molar-refractivity contribution in [3.05, 3.63) is 12.2 Å². The topological polar surface area (TPSA) is 9.23 Å². The van der Waals surface area contributed by atoms with Crippen LogP contribution in [0.1, 0.15) is 97.3 Å². The first-order valence-corrected chi connectivity index (χ1v) is 10.6. The van der Waals surface area contributed by atoms with Crippen molar-refractivity contribution in [2.75, 3.05) is 6.61 Å². The third-order valence-corrected chi connectivity index (χ3v) is 6.27. The third kappa shape index (κ3) is 6.99. The van der Waals surface area contributed by atoms with E-state index >= 15 is 0 Å². The summed E-state index contributed by atoms with van der Waals surface area (Å²) in [5.74, 6) is 3.07. The molecule has 2 fully saturated rings. The molecule has 23 heavy (non-hydrogen) atoms. The second kappa shape index (κ2) is 11.3. The van der Waals surface area contributed by atoms with Gasteiger partial charge in [0.25, 0.3) is 0 Å². The molecule has 2 aliphatic rings. The van der Waals surface area contributed by atoms with Crippen LogP contribution in [0, 0.1) is 17.8 Å². The summed E-state index contributed by atoms with van der Waals surface area (Å²) >= 11 is 0. The van der Waals surface area contributed by atoms with Crippen molar-refractivity contribution in [2.24, 2.45) is 17.8 Å². The fourth-order valence-electron chi connectivity index (χ4n) is 4.69. The second-order valence-corrected chi connectivity index (χ2v) is 8.00. The number of unbranched alkanes of at least 4 members (excludes halogenated alkanes) is 1. The molecule has 2 saturated carbocycles. The van der Waals surface area contributed by atoms with E-state index in [0.717, 1.165) is 24.4 Å². The Morgan fingerprint density at radius 2 is 1.48 bits per heavy atom. The largest absolute Gasteiger partial charge is 0.378 e. The maximum Gasteiger partial charge on any atom is 0.0575 e. The van der Waals surface area contributed by atoms with Gasteiger partial charge in [0.05, 0.1) is 6.10 Å². The lowest BCUT2D eigenvalue weighted by Crippen LogP contribution is -2.28.